The topological polar surface area (TPSA) is 72.1 Å². The quantitative estimate of drug-likeness (QED) is 0.587. The third-order valence-corrected chi connectivity index (χ3v) is 1.59. The zero-order chi connectivity index (χ0) is 9.52. The van der Waals surface area contributed by atoms with Gasteiger partial charge in [-0.2, -0.15) is 5.10 Å². The average molecular weight is 186 g/mol. The first kappa shape index (κ1) is 10.1. The molecule has 1 aromatic rings. The summed E-state index contributed by atoms with van der Waals surface area (Å²) in [7, 11) is 3.20. The number of aromatic nitrogens is 3. The molecule has 6 heteroatoms. The van der Waals surface area contributed by atoms with Crippen molar-refractivity contribution in [3.8, 4) is 0 Å². The van der Waals surface area contributed by atoms with E-state index >= 15 is 0 Å². The lowest BCUT2D eigenvalue weighted by molar-refractivity contribution is -0.0989. The zero-order valence-electron chi connectivity index (χ0n) is 7.78. The maximum atomic E-state index is 4.99. The molecular weight excluding hydrogens is 172 g/mol. The number of aromatic amines is 1. The average Bonchev–Trinajstić information content (AvgIpc) is 2.65. The molecule has 1 heterocycles. The summed E-state index contributed by atoms with van der Waals surface area (Å²) in [4.78, 5) is 3.95. The van der Waals surface area contributed by atoms with Gasteiger partial charge in [0.15, 0.2) is 6.29 Å². The summed E-state index contributed by atoms with van der Waals surface area (Å²) in [6, 6.07) is 0. The normalized spacial score (nSPS) is 11.0. The second-order valence-corrected chi connectivity index (χ2v) is 2.46. The number of methoxy groups -OCH3 is 2. The van der Waals surface area contributed by atoms with Crippen LogP contribution in [0.2, 0.25) is 0 Å². The first-order valence-electron chi connectivity index (χ1n) is 3.97. The van der Waals surface area contributed by atoms with Gasteiger partial charge in [-0.25, -0.2) is 4.98 Å². The molecule has 0 aromatic carbocycles. The molecular formula is C7H14N4O2. The van der Waals surface area contributed by atoms with Gasteiger partial charge in [-0.05, 0) is 0 Å². The Labute approximate surface area is 76.6 Å². The van der Waals surface area contributed by atoms with Gasteiger partial charge < -0.3 is 14.8 Å². The fourth-order valence-electron chi connectivity index (χ4n) is 0.887. The second-order valence-electron chi connectivity index (χ2n) is 2.46. The van der Waals surface area contributed by atoms with Gasteiger partial charge in [0.1, 0.15) is 12.2 Å². The van der Waals surface area contributed by atoms with Crippen LogP contribution in [0.4, 0.5) is 0 Å². The van der Waals surface area contributed by atoms with E-state index in [1.165, 1.54) is 6.33 Å². The summed E-state index contributed by atoms with van der Waals surface area (Å²) in [5.74, 6) is 0.797. The molecule has 0 fully saturated rings. The Hall–Kier alpha value is -0.980. The van der Waals surface area contributed by atoms with Crippen LogP contribution in [0.25, 0.3) is 0 Å². The highest BCUT2D eigenvalue weighted by Crippen LogP contribution is 1.89. The van der Waals surface area contributed by atoms with E-state index in [0.717, 1.165) is 5.82 Å². The Kier molecular flexibility index (Phi) is 4.37. The van der Waals surface area contributed by atoms with E-state index < -0.39 is 0 Å². The maximum absolute atomic E-state index is 4.99. The standard InChI is InChI=1S/C7H14N4O2/c1-12-7(13-2)4-8-3-6-9-5-10-11-6/h5,7-8H,3-4H2,1-2H3,(H,9,10,11). The highest BCUT2D eigenvalue weighted by molar-refractivity contribution is 4.78. The van der Waals surface area contributed by atoms with Crippen LogP contribution < -0.4 is 5.32 Å². The summed E-state index contributed by atoms with van der Waals surface area (Å²) >= 11 is 0. The molecule has 2 N–H and O–H groups in total. The Morgan fingerprint density at radius 1 is 1.54 bits per heavy atom. The van der Waals surface area contributed by atoms with Gasteiger partial charge in [0.25, 0.3) is 0 Å². The lowest BCUT2D eigenvalue weighted by Crippen LogP contribution is -2.29. The predicted molar refractivity (Wildman–Crippen MR) is 45.9 cm³/mol. The van der Waals surface area contributed by atoms with Crippen molar-refractivity contribution in [2.45, 2.75) is 12.8 Å². The third kappa shape index (κ3) is 3.49. The van der Waals surface area contributed by atoms with Crippen LogP contribution in [-0.2, 0) is 16.0 Å². The summed E-state index contributed by atoms with van der Waals surface area (Å²) in [6.07, 6.45) is 1.25. The van der Waals surface area contributed by atoms with Crippen LogP contribution in [0.15, 0.2) is 6.33 Å². The van der Waals surface area contributed by atoms with Crippen molar-refractivity contribution in [2.75, 3.05) is 20.8 Å². The molecule has 0 aliphatic heterocycles. The molecule has 0 saturated carbocycles. The van der Waals surface area contributed by atoms with E-state index in [9.17, 15) is 0 Å². The number of ether oxygens (including phenoxy) is 2. The Balaban J connectivity index is 2.13. The number of rotatable bonds is 6. The molecule has 0 atom stereocenters. The molecule has 74 valence electrons. The van der Waals surface area contributed by atoms with Gasteiger partial charge in [0.05, 0.1) is 6.54 Å². The van der Waals surface area contributed by atoms with Crippen molar-refractivity contribution in [3.05, 3.63) is 12.2 Å². The minimum absolute atomic E-state index is 0.220. The molecule has 13 heavy (non-hydrogen) atoms. The van der Waals surface area contributed by atoms with Crippen molar-refractivity contribution in [1.82, 2.24) is 20.5 Å². The molecule has 0 saturated heterocycles. The minimum Gasteiger partial charge on any atom is -0.355 e. The van der Waals surface area contributed by atoms with E-state index in [2.05, 4.69) is 20.5 Å². The summed E-state index contributed by atoms with van der Waals surface area (Å²) in [6.45, 7) is 1.25. The molecule has 0 amide bonds. The van der Waals surface area contributed by atoms with E-state index in [4.69, 9.17) is 9.47 Å². The molecule has 0 unspecified atom stereocenters. The smallest absolute Gasteiger partial charge is 0.169 e. The molecule has 0 aliphatic rings. The van der Waals surface area contributed by atoms with Gasteiger partial charge in [0.2, 0.25) is 0 Å². The lowest BCUT2D eigenvalue weighted by Gasteiger charge is -2.12. The van der Waals surface area contributed by atoms with Crippen molar-refractivity contribution < 1.29 is 9.47 Å². The lowest BCUT2D eigenvalue weighted by atomic mass is 10.5. The number of H-pyrrole nitrogens is 1. The molecule has 0 aliphatic carbocycles. The summed E-state index contributed by atoms with van der Waals surface area (Å²) < 4.78 is 9.98. The molecule has 0 bridgehead atoms. The number of nitrogens with one attached hydrogen (secondary N) is 2. The molecule has 0 spiro atoms. The number of hydrogen-bond acceptors (Lipinski definition) is 5. The van der Waals surface area contributed by atoms with Crippen LogP contribution in [0, 0.1) is 0 Å². The van der Waals surface area contributed by atoms with Crippen LogP contribution in [0.5, 0.6) is 0 Å². The van der Waals surface area contributed by atoms with Crippen LogP contribution in [0.1, 0.15) is 5.82 Å². The van der Waals surface area contributed by atoms with E-state index in [0.29, 0.717) is 13.1 Å². The number of nitrogens with zero attached hydrogens (tertiary/aromatic N) is 2. The van der Waals surface area contributed by atoms with Crippen LogP contribution in [0.3, 0.4) is 0 Å². The SMILES string of the molecule is COC(CNCc1ncn[nH]1)OC. The highest BCUT2D eigenvalue weighted by Gasteiger charge is 2.03. The highest BCUT2D eigenvalue weighted by atomic mass is 16.7. The fourth-order valence-corrected chi connectivity index (χ4v) is 0.887. The van der Waals surface area contributed by atoms with E-state index in [1.807, 2.05) is 0 Å². The second kappa shape index (κ2) is 5.63. The fraction of sp³-hybridized carbons (Fsp3) is 0.714. The third-order valence-electron chi connectivity index (χ3n) is 1.59. The van der Waals surface area contributed by atoms with Crippen molar-refractivity contribution >= 4 is 0 Å². The van der Waals surface area contributed by atoms with E-state index in [-0.39, 0.29) is 6.29 Å². The largest absolute Gasteiger partial charge is 0.355 e. The van der Waals surface area contributed by atoms with Crippen LogP contribution in [-0.4, -0.2) is 42.2 Å². The zero-order valence-corrected chi connectivity index (χ0v) is 7.78. The van der Waals surface area contributed by atoms with Crippen molar-refractivity contribution in [1.29, 1.82) is 0 Å². The first-order chi connectivity index (χ1) is 6.36. The first-order valence-corrected chi connectivity index (χ1v) is 3.97. The molecule has 1 rings (SSSR count). The van der Waals surface area contributed by atoms with Gasteiger partial charge in [-0.15, -0.1) is 0 Å². The van der Waals surface area contributed by atoms with Gasteiger partial charge >= 0.3 is 0 Å². The monoisotopic (exact) mass is 186 g/mol. The Morgan fingerprint density at radius 3 is 2.85 bits per heavy atom. The van der Waals surface area contributed by atoms with Gasteiger partial charge in [-0.3, -0.25) is 5.10 Å². The maximum Gasteiger partial charge on any atom is 0.169 e. The van der Waals surface area contributed by atoms with Crippen LogP contribution >= 0.6 is 0 Å². The summed E-state index contributed by atoms with van der Waals surface area (Å²) in [5.41, 5.74) is 0. The van der Waals surface area contributed by atoms with E-state index in [1.54, 1.807) is 14.2 Å². The van der Waals surface area contributed by atoms with Gasteiger partial charge in [-0.1, -0.05) is 0 Å². The van der Waals surface area contributed by atoms with Crippen molar-refractivity contribution in [3.63, 3.8) is 0 Å². The molecule has 6 nitrogen and oxygen atoms in total. The van der Waals surface area contributed by atoms with Crippen molar-refractivity contribution in [2.24, 2.45) is 0 Å². The molecule has 0 radical (unpaired) electrons. The molecule has 1 aromatic heterocycles. The number of hydrogen-bond donors (Lipinski definition) is 2. The summed E-state index contributed by atoms with van der Waals surface area (Å²) in [5, 5.41) is 9.57. The Bertz CT molecular complexity index is 210. The minimum atomic E-state index is -0.220. The predicted octanol–water partition coefficient (Wildman–Crippen LogP) is -0.487. The Morgan fingerprint density at radius 2 is 2.31 bits per heavy atom. The van der Waals surface area contributed by atoms with Gasteiger partial charge in [0, 0.05) is 20.8 Å².